The molecule has 0 amide bonds. The van der Waals surface area contributed by atoms with E-state index in [2.05, 4.69) is 75.5 Å². The molecule has 0 heterocycles. The third-order valence-corrected chi connectivity index (χ3v) is 11.8. The molecule has 0 aromatic carbocycles. The number of carbonyl (C=O) groups is 3. The number of allylic oxidation sites excluding steroid dienone is 10. The van der Waals surface area contributed by atoms with Gasteiger partial charge < -0.3 is 14.2 Å². The molecule has 0 aliphatic carbocycles. The number of hydrogen-bond acceptors (Lipinski definition) is 6. The Bertz CT molecular complexity index is 1170. The molecule has 0 bridgehead atoms. The largest absolute Gasteiger partial charge is 0.462 e. The topological polar surface area (TPSA) is 78.9 Å². The molecule has 6 nitrogen and oxygen atoms in total. The highest BCUT2D eigenvalue weighted by molar-refractivity contribution is 5.71. The lowest BCUT2D eigenvalue weighted by Gasteiger charge is -2.18. The smallest absolute Gasteiger partial charge is 0.306 e. The number of esters is 3. The Balaban J connectivity index is 4.39. The molecule has 0 rings (SSSR count). The lowest BCUT2D eigenvalue weighted by molar-refractivity contribution is -0.166. The molecule has 0 saturated heterocycles. The van der Waals surface area contributed by atoms with Gasteiger partial charge in [0.05, 0.1) is 0 Å². The van der Waals surface area contributed by atoms with Crippen LogP contribution in [-0.4, -0.2) is 37.2 Å². The van der Waals surface area contributed by atoms with Crippen LogP contribution in [-0.2, 0) is 28.6 Å². The zero-order valence-electron chi connectivity index (χ0n) is 42.3. The van der Waals surface area contributed by atoms with Crippen LogP contribution in [0.3, 0.4) is 0 Å². The summed E-state index contributed by atoms with van der Waals surface area (Å²) in [5, 5.41) is 0. The summed E-state index contributed by atoms with van der Waals surface area (Å²) in [4.78, 5) is 38.0. The van der Waals surface area contributed by atoms with Crippen LogP contribution >= 0.6 is 0 Å². The zero-order chi connectivity index (χ0) is 46.5. The normalized spacial score (nSPS) is 12.5. The Morgan fingerprint density at radius 2 is 0.609 bits per heavy atom. The van der Waals surface area contributed by atoms with Crippen LogP contribution in [0.15, 0.2) is 60.8 Å². The Labute approximate surface area is 396 Å². The summed E-state index contributed by atoms with van der Waals surface area (Å²) in [6.07, 6.45) is 65.1. The van der Waals surface area contributed by atoms with Crippen molar-refractivity contribution in [2.24, 2.45) is 0 Å². The second-order valence-electron chi connectivity index (χ2n) is 18.1. The van der Waals surface area contributed by atoms with Gasteiger partial charge in [-0.3, -0.25) is 14.4 Å². The van der Waals surface area contributed by atoms with E-state index in [0.29, 0.717) is 19.3 Å². The molecule has 0 saturated carbocycles. The lowest BCUT2D eigenvalue weighted by Crippen LogP contribution is -2.30. The van der Waals surface area contributed by atoms with Crippen LogP contribution in [0.4, 0.5) is 0 Å². The molecule has 0 aliphatic heterocycles. The van der Waals surface area contributed by atoms with Crippen molar-refractivity contribution in [3.8, 4) is 0 Å². The predicted molar refractivity (Wildman–Crippen MR) is 275 cm³/mol. The first-order valence-corrected chi connectivity index (χ1v) is 27.3. The van der Waals surface area contributed by atoms with Gasteiger partial charge in [-0.25, -0.2) is 0 Å². The van der Waals surface area contributed by atoms with Crippen LogP contribution in [0.2, 0.25) is 0 Å². The Morgan fingerprint density at radius 1 is 0.328 bits per heavy atom. The van der Waals surface area contributed by atoms with Gasteiger partial charge in [-0.1, -0.05) is 261 Å². The van der Waals surface area contributed by atoms with Crippen LogP contribution < -0.4 is 0 Å². The molecule has 0 radical (unpaired) electrons. The van der Waals surface area contributed by atoms with Crippen LogP contribution in [0, 0.1) is 0 Å². The quantitative estimate of drug-likeness (QED) is 0.0262. The minimum atomic E-state index is -0.809. The van der Waals surface area contributed by atoms with E-state index in [9.17, 15) is 14.4 Å². The summed E-state index contributed by atoms with van der Waals surface area (Å²) in [6, 6.07) is 0. The number of rotatable bonds is 49. The lowest BCUT2D eigenvalue weighted by atomic mass is 10.0. The van der Waals surface area contributed by atoms with E-state index < -0.39 is 6.10 Å². The fourth-order valence-electron chi connectivity index (χ4n) is 7.73. The van der Waals surface area contributed by atoms with E-state index >= 15 is 0 Å². The fourth-order valence-corrected chi connectivity index (χ4v) is 7.73. The molecule has 0 aliphatic rings. The number of unbranched alkanes of at least 4 members (excludes halogenated alkanes) is 28. The molecule has 1 atom stereocenters. The maximum atomic E-state index is 12.8. The molecular weight excluding hydrogens is 793 g/mol. The summed E-state index contributed by atoms with van der Waals surface area (Å²) in [6.45, 7) is 6.48. The highest BCUT2D eigenvalue weighted by Gasteiger charge is 2.19. The standard InChI is InChI=1S/C58H102O6/c1-4-7-10-13-16-19-22-24-26-28-29-30-32-33-36-39-42-45-48-51-57(60)63-54-55(53-62-56(59)50-47-44-41-38-35-21-18-15-12-9-6-3)64-58(61)52-49-46-43-40-37-34-31-27-25-23-20-17-14-11-8-5-2/h8,11,17,20,25,27,34,37,43,46,55H,4-7,9-10,12-16,18-19,21-24,26,28-33,35-36,38-42,44-45,47-54H2,1-3H3/b11-8-,20-17-,27-25-,37-34-,46-43-. The molecule has 0 aromatic heterocycles. The van der Waals surface area contributed by atoms with Gasteiger partial charge in [-0.2, -0.15) is 0 Å². The maximum Gasteiger partial charge on any atom is 0.306 e. The van der Waals surface area contributed by atoms with E-state index in [1.54, 1.807) is 0 Å². The van der Waals surface area contributed by atoms with Gasteiger partial charge in [0.25, 0.3) is 0 Å². The Kier molecular flexibility index (Phi) is 50.4. The molecule has 0 N–H and O–H groups in total. The summed E-state index contributed by atoms with van der Waals surface area (Å²) in [7, 11) is 0. The summed E-state index contributed by atoms with van der Waals surface area (Å²) < 4.78 is 16.7. The zero-order valence-corrected chi connectivity index (χ0v) is 42.3. The molecule has 0 aromatic rings. The third-order valence-electron chi connectivity index (χ3n) is 11.8. The minimum Gasteiger partial charge on any atom is -0.462 e. The Morgan fingerprint density at radius 3 is 0.922 bits per heavy atom. The third kappa shape index (κ3) is 50.1. The number of carbonyl (C=O) groups excluding carboxylic acids is 3. The van der Waals surface area contributed by atoms with Crippen LogP contribution in [0.1, 0.15) is 271 Å². The molecule has 0 spiro atoms. The van der Waals surface area contributed by atoms with Gasteiger partial charge in [0.15, 0.2) is 6.10 Å². The van der Waals surface area contributed by atoms with Crippen molar-refractivity contribution in [3.05, 3.63) is 60.8 Å². The number of ether oxygens (including phenoxy) is 3. The van der Waals surface area contributed by atoms with E-state index in [1.807, 2.05) is 6.08 Å². The second-order valence-corrected chi connectivity index (χ2v) is 18.1. The fraction of sp³-hybridized carbons (Fsp3) is 0.776. The first kappa shape index (κ1) is 61.1. The van der Waals surface area contributed by atoms with Crippen molar-refractivity contribution in [3.63, 3.8) is 0 Å². The van der Waals surface area contributed by atoms with Crippen molar-refractivity contribution in [1.29, 1.82) is 0 Å². The average Bonchev–Trinajstić information content (AvgIpc) is 3.29. The number of hydrogen-bond donors (Lipinski definition) is 0. The van der Waals surface area contributed by atoms with Crippen LogP contribution in [0.5, 0.6) is 0 Å². The van der Waals surface area contributed by atoms with Crippen molar-refractivity contribution < 1.29 is 28.6 Å². The molecule has 1 unspecified atom stereocenters. The molecule has 6 heteroatoms. The first-order chi connectivity index (χ1) is 31.5. The van der Waals surface area contributed by atoms with Crippen molar-refractivity contribution in [2.75, 3.05) is 13.2 Å². The average molecular weight is 895 g/mol. The van der Waals surface area contributed by atoms with Gasteiger partial charge in [0.1, 0.15) is 13.2 Å². The van der Waals surface area contributed by atoms with Crippen molar-refractivity contribution in [2.45, 2.75) is 277 Å². The minimum absolute atomic E-state index is 0.100. The van der Waals surface area contributed by atoms with Crippen molar-refractivity contribution >= 4 is 17.9 Å². The first-order valence-electron chi connectivity index (χ1n) is 27.3. The summed E-state index contributed by atoms with van der Waals surface area (Å²) in [5.41, 5.74) is 0. The molecule has 0 fully saturated rings. The van der Waals surface area contributed by atoms with E-state index in [0.717, 1.165) is 70.6 Å². The van der Waals surface area contributed by atoms with Gasteiger partial charge in [0, 0.05) is 19.3 Å². The summed E-state index contributed by atoms with van der Waals surface area (Å²) >= 11 is 0. The van der Waals surface area contributed by atoms with E-state index in [-0.39, 0.29) is 37.5 Å². The molecular formula is C58H102O6. The molecule has 64 heavy (non-hydrogen) atoms. The van der Waals surface area contributed by atoms with Crippen LogP contribution in [0.25, 0.3) is 0 Å². The highest BCUT2D eigenvalue weighted by Crippen LogP contribution is 2.16. The highest BCUT2D eigenvalue weighted by atomic mass is 16.6. The monoisotopic (exact) mass is 895 g/mol. The van der Waals surface area contributed by atoms with Gasteiger partial charge in [-0.15, -0.1) is 0 Å². The van der Waals surface area contributed by atoms with Gasteiger partial charge >= 0.3 is 17.9 Å². The van der Waals surface area contributed by atoms with E-state index in [1.165, 1.54) is 154 Å². The van der Waals surface area contributed by atoms with Gasteiger partial charge in [-0.05, 0) is 51.4 Å². The maximum absolute atomic E-state index is 12.8. The Hall–Kier alpha value is -2.89. The van der Waals surface area contributed by atoms with Crippen molar-refractivity contribution in [1.82, 2.24) is 0 Å². The summed E-state index contributed by atoms with van der Waals surface area (Å²) in [5.74, 6) is -0.975. The molecule has 370 valence electrons. The van der Waals surface area contributed by atoms with E-state index in [4.69, 9.17) is 14.2 Å². The van der Waals surface area contributed by atoms with Gasteiger partial charge in [0.2, 0.25) is 0 Å². The second kappa shape index (κ2) is 52.7. The SMILES string of the molecule is CC/C=C\C/C=C\C/C=C\C/C=C\C/C=C\CCC(=O)OC(COC(=O)CCCCCCCCCCCCC)COC(=O)CCCCCCCCCCCCCCCCCCCCC. The predicted octanol–water partition coefficient (Wildman–Crippen LogP) is 18.0.